The number of carbonyl (C=O) groups is 1. The molecule has 0 N–H and O–H groups in total. The minimum atomic E-state index is -0.438. The van der Waals surface area contributed by atoms with Gasteiger partial charge in [-0.3, -0.25) is 4.79 Å². The Balaban J connectivity index is 2.07. The van der Waals surface area contributed by atoms with Gasteiger partial charge >= 0.3 is 0 Å². The molecule has 0 aliphatic carbocycles. The van der Waals surface area contributed by atoms with Crippen molar-refractivity contribution in [2.24, 2.45) is 5.41 Å². The van der Waals surface area contributed by atoms with Crippen LogP contribution in [0, 0.1) is 11.2 Å². The first-order valence-corrected chi connectivity index (χ1v) is 7.29. The molecule has 0 radical (unpaired) electrons. The number of piperidine rings is 1. The highest BCUT2D eigenvalue weighted by Crippen LogP contribution is 2.23. The second-order valence-electron chi connectivity index (χ2n) is 6.61. The summed E-state index contributed by atoms with van der Waals surface area (Å²) in [5, 5.41) is 0. The van der Waals surface area contributed by atoms with Crippen LogP contribution in [0.2, 0.25) is 0 Å². The molecule has 21 heavy (non-hydrogen) atoms. The molecule has 0 saturated carbocycles. The van der Waals surface area contributed by atoms with Crippen molar-refractivity contribution in [3.05, 3.63) is 18.2 Å². The van der Waals surface area contributed by atoms with E-state index in [9.17, 15) is 9.18 Å². The van der Waals surface area contributed by atoms with E-state index in [4.69, 9.17) is 0 Å². The van der Waals surface area contributed by atoms with E-state index in [-0.39, 0.29) is 17.4 Å². The lowest BCUT2D eigenvalue weighted by Gasteiger charge is -2.39. The number of halogens is 1. The third-order valence-corrected chi connectivity index (χ3v) is 3.80. The zero-order chi connectivity index (χ0) is 15.6. The number of likely N-dealkylation sites (N-methyl/N-ethyl adjacent to an activating group) is 1. The third-order valence-electron chi connectivity index (χ3n) is 3.80. The SMILES string of the molecule is CN(C(=O)C(C)(C)C)C1CCCN(c2ncc(F)cn2)C1. The largest absolute Gasteiger partial charge is 0.341 e. The highest BCUT2D eigenvalue weighted by atomic mass is 19.1. The molecule has 116 valence electrons. The Labute approximate surface area is 125 Å². The van der Waals surface area contributed by atoms with Gasteiger partial charge in [0.05, 0.1) is 12.4 Å². The molecular weight excluding hydrogens is 271 g/mol. The van der Waals surface area contributed by atoms with Crippen LogP contribution < -0.4 is 4.90 Å². The van der Waals surface area contributed by atoms with Gasteiger partial charge in [0, 0.05) is 31.6 Å². The summed E-state index contributed by atoms with van der Waals surface area (Å²) in [5.74, 6) is 0.222. The maximum atomic E-state index is 12.9. The summed E-state index contributed by atoms with van der Waals surface area (Å²) in [6, 6.07) is 0.138. The van der Waals surface area contributed by atoms with Gasteiger partial charge in [0.2, 0.25) is 11.9 Å². The first-order valence-electron chi connectivity index (χ1n) is 7.29. The zero-order valence-corrected chi connectivity index (χ0v) is 13.1. The summed E-state index contributed by atoms with van der Waals surface area (Å²) < 4.78 is 12.9. The highest BCUT2D eigenvalue weighted by molar-refractivity contribution is 5.81. The quantitative estimate of drug-likeness (QED) is 0.838. The molecule has 1 amide bonds. The number of hydrogen-bond acceptors (Lipinski definition) is 4. The normalized spacial score (nSPS) is 19.5. The lowest BCUT2D eigenvalue weighted by atomic mass is 9.93. The van der Waals surface area contributed by atoms with Gasteiger partial charge in [0.15, 0.2) is 5.82 Å². The third kappa shape index (κ3) is 3.68. The van der Waals surface area contributed by atoms with Crippen LogP contribution in [0.25, 0.3) is 0 Å². The van der Waals surface area contributed by atoms with Crippen LogP contribution in [0.3, 0.4) is 0 Å². The van der Waals surface area contributed by atoms with Crippen LogP contribution in [0.1, 0.15) is 33.6 Å². The van der Waals surface area contributed by atoms with E-state index in [0.29, 0.717) is 12.5 Å². The molecule has 2 heterocycles. The van der Waals surface area contributed by atoms with Crippen LogP contribution in [0.5, 0.6) is 0 Å². The molecule has 1 fully saturated rings. The molecule has 1 aromatic rings. The van der Waals surface area contributed by atoms with Gasteiger partial charge in [-0.05, 0) is 12.8 Å². The van der Waals surface area contributed by atoms with E-state index in [1.165, 1.54) is 12.4 Å². The van der Waals surface area contributed by atoms with Crippen LogP contribution >= 0.6 is 0 Å². The molecular formula is C15H23FN4O. The fraction of sp³-hybridized carbons (Fsp3) is 0.667. The smallest absolute Gasteiger partial charge is 0.227 e. The fourth-order valence-electron chi connectivity index (χ4n) is 2.62. The number of amides is 1. The van der Waals surface area contributed by atoms with Gasteiger partial charge in [-0.15, -0.1) is 0 Å². The van der Waals surface area contributed by atoms with Crippen molar-refractivity contribution in [2.75, 3.05) is 25.0 Å². The number of aromatic nitrogens is 2. The van der Waals surface area contributed by atoms with Gasteiger partial charge in [-0.1, -0.05) is 20.8 Å². The predicted octanol–water partition coefficient (Wildman–Crippen LogP) is 2.09. The highest BCUT2D eigenvalue weighted by Gasteiger charge is 2.32. The molecule has 5 nitrogen and oxygen atoms in total. The van der Waals surface area contributed by atoms with Gasteiger partial charge in [0.25, 0.3) is 0 Å². The average molecular weight is 294 g/mol. The second kappa shape index (κ2) is 5.95. The molecule has 1 unspecified atom stereocenters. The summed E-state index contributed by atoms with van der Waals surface area (Å²) in [6.07, 6.45) is 4.29. The molecule has 1 aliphatic heterocycles. The first kappa shape index (κ1) is 15.7. The number of anilines is 1. The maximum absolute atomic E-state index is 12.9. The number of hydrogen-bond donors (Lipinski definition) is 0. The Hall–Kier alpha value is -1.72. The van der Waals surface area contributed by atoms with Crippen LogP contribution in [-0.2, 0) is 4.79 Å². The van der Waals surface area contributed by atoms with Gasteiger partial charge < -0.3 is 9.80 Å². The van der Waals surface area contributed by atoms with Gasteiger partial charge in [-0.2, -0.15) is 0 Å². The van der Waals surface area contributed by atoms with Crippen molar-refractivity contribution in [3.8, 4) is 0 Å². The zero-order valence-electron chi connectivity index (χ0n) is 13.1. The summed E-state index contributed by atoms with van der Waals surface area (Å²) in [7, 11) is 1.85. The summed E-state index contributed by atoms with van der Waals surface area (Å²) in [6.45, 7) is 7.30. The maximum Gasteiger partial charge on any atom is 0.227 e. The number of carbonyl (C=O) groups excluding carboxylic acids is 1. The van der Waals surface area contributed by atoms with E-state index in [1.54, 1.807) is 0 Å². The Bertz CT molecular complexity index is 497. The van der Waals surface area contributed by atoms with Crippen molar-refractivity contribution in [1.82, 2.24) is 14.9 Å². The average Bonchev–Trinajstić information content (AvgIpc) is 2.45. The molecule has 0 bridgehead atoms. The monoisotopic (exact) mass is 294 g/mol. The molecule has 0 aromatic carbocycles. The van der Waals surface area contributed by atoms with E-state index < -0.39 is 5.82 Å². The van der Waals surface area contributed by atoms with Gasteiger partial charge in [-0.25, -0.2) is 14.4 Å². The van der Waals surface area contributed by atoms with Crippen molar-refractivity contribution in [3.63, 3.8) is 0 Å². The first-order chi connectivity index (χ1) is 9.79. The molecule has 6 heteroatoms. The minimum absolute atomic E-state index is 0.134. The molecule has 1 aromatic heterocycles. The molecule has 1 saturated heterocycles. The van der Waals surface area contributed by atoms with Crippen molar-refractivity contribution < 1.29 is 9.18 Å². The summed E-state index contributed by atoms with van der Waals surface area (Å²) in [5.41, 5.74) is -0.386. The van der Waals surface area contributed by atoms with Crippen LogP contribution in [0.15, 0.2) is 12.4 Å². The topological polar surface area (TPSA) is 49.3 Å². The minimum Gasteiger partial charge on any atom is -0.341 e. The molecule has 1 atom stereocenters. The number of rotatable bonds is 2. The Morgan fingerprint density at radius 3 is 2.57 bits per heavy atom. The van der Waals surface area contributed by atoms with E-state index >= 15 is 0 Å². The van der Waals surface area contributed by atoms with Gasteiger partial charge in [0.1, 0.15) is 0 Å². The van der Waals surface area contributed by atoms with Crippen LogP contribution in [0.4, 0.5) is 10.3 Å². The Morgan fingerprint density at radius 1 is 1.38 bits per heavy atom. The fourth-order valence-corrected chi connectivity index (χ4v) is 2.62. The standard InChI is InChI=1S/C15H23FN4O/c1-15(2,3)13(21)19(4)12-6-5-7-20(10-12)14-17-8-11(16)9-18-14/h8-9,12H,5-7,10H2,1-4H3. The predicted molar refractivity (Wildman–Crippen MR) is 79.5 cm³/mol. The van der Waals surface area contributed by atoms with E-state index in [2.05, 4.69) is 9.97 Å². The van der Waals surface area contributed by atoms with E-state index in [0.717, 1.165) is 19.4 Å². The van der Waals surface area contributed by atoms with Crippen molar-refractivity contribution in [2.45, 2.75) is 39.7 Å². The lowest BCUT2D eigenvalue weighted by molar-refractivity contribution is -0.140. The van der Waals surface area contributed by atoms with E-state index in [1.807, 2.05) is 37.6 Å². The van der Waals surface area contributed by atoms with Crippen molar-refractivity contribution in [1.29, 1.82) is 0 Å². The summed E-state index contributed by atoms with van der Waals surface area (Å²) >= 11 is 0. The molecule has 1 aliphatic rings. The summed E-state index contributed by atoms with van der Waals surface area (Å²) in [4.78, 5) is 24.3. The number of nitrogens with zero attached hydrogens (tertiary/aromatic N) is 4. The second-order valence-corrected chi connectivity index (χ2v) is 6.61. The Kier molecular flexibility index (Phi) is 4.44. The molecule has 2 rings (SSSR count). The van der Waals surface area contributed by atoms with Crippen molar-refractivity contribution >= 4 is 11.9 Å². The van der Waals surface area contributed by atoms with Crippen LogP contribution in [-0.4, -0.2) is 47.0 Å². The molecule has 0 spiro atoms. The lowest BCUT2D eigenvalue weighted by Crippen LogP contribution is -2.51. The Morgan fingerprint density at radius 2 is 2.00 bits per heavy atom.